The smallest absolute Gasteiger partial charge is 0.155 e. The zero-order valence-corrected chi connectivity index (χ0v) is 34.2. The van der Waals surface area contributed by atoms with Gasteiger partial charge in [-0.3, -0.25) is 4.99 Å². The highest BCUT2D eigenvalue weighted by Gasteiger charge is 2.20. The Labute approximate surface area is 346 Å². The van der Waals surface area contributed by atoms with Crippen LogP contribution in [-0.4, -0.2) is 11.5 Å². The lowest BCUT2D eigenvalue weighted by atomic mass is 9.83. The van der Waals surface area contributed by atoms with Crippen LogP contribution in [0.4, 0.5) is 0 Å². The van der Waals surface area contributed by atoms with Crippen LogP contribution in [0.1, 0.15) is 81.0 Å². The van der Waals surface area contributed by atoms with Crippen LogP contribution in [0.3, 0.4) is 0 Å². The molecule has 0 radical (unpaired) electrons. The molecule has 58 heavy (non-hydrogen) atoms. The molecule has 1 unspecified atom stereocenters. The molecule has 2 aliphatic carbocycles. The second-order valence-corrected chi connectivity index (χ2v) is 15.0. The highest BCUT2D eigenvalue weighted by atomic mass is 14.9. The lowest BCUT2D eigenvalue weighted by Crippen LogP contribution is -2.11. The molecule has 0 saturated heterocycles. The molecule has 0 aromatic heterocycles. The van der Waals surface area contributed by atoms with Crippen molar-refractivity contribution in [2.24, 2.45) is 9.98 Å². The molecular weight excluding hydrogens is 701 g/mol. The van der Waals surface area contributed by atoms with Crippen molar-refractivity contribution in [1.29, 1.82) is 0 Å². The first-order valence-electron chi connectivity index (χ1n) is 20.9. The van der Waals surface area contributed by atoms with Crippen molar-refractivity contribution in [2.45, 2.75) is 65.3 Å². The van der Waals surface area contributed by atoms with E-state index in [1.54, 1.807) is 0 Å². The third kappa shape index (κ3) is 9.76. The maximum Gasteiger partial charge on any atom is 0.155 e. The Morgan fingerprint density at radius 2 is 1.24 bits per heavy atom. The fraction of sp³-hybridized carbons (Fsp3) is 0.179. The van der Waals surface area contributed by atoms with Crippen LogP contribution in [0.2, 0.25) is 0 Å². The molecule has 0 saturated carbocycles. The van der Waals surface area contributed by atoms with Gasteiger partial charge >= 0.3 is 0 Å². The van der Waals surface area contributed by atoms with Crippen molar-refractivity contribution in [2.75, 3.05) is 0 Å². The van der Waals surface area contributed by atoms with Crippen molar-refractivity contribution in [3.63, 3.8) is 0 Å². The van der Waals surface area contributed by atoms with E-state index in [0.717, 1.165) is 60.4 Å². The number of amidine groups is 1. The van der Waals surface area contributed by atoms with E-state index < -0.39 is 0 Å². The minimum Gasteiger partial charge on any atom is -0.261 e. The molecule has 0 amide bonds. The Morgan fingerprint density at radius 3 is 1.79 bits per heavy atom. The highest BCUT2D eigenvalue weighted by Crippen LogP contribution is 2.37. The van der Waals surface area contributed by atoms with Crippen LogP contribution in [0.25, 0.3) is 27.8 Å². The van der Waals surface area contributed by atoms with Gasteiger partial charge in [-0.05, 0) is 106 Å². The number of nitrogens with zero attached hydrogens (tertiary/aromatic N) is 2. The van der Waals surface area contributed by atoms with E-state index in [-0.39, 0.29) is 0 Å². The SMILES string of the molecule is C=C(CC)/C(C1=CC=C(/C(CC)=N/C(=N\Cc2ccc(-c3ccccc3)cc2)c2ccc(C3C=CC=CC3)cc2)CC1)=C(\C=C/C)c1ccc(-c2ccccc2)cc1. The summed E-state index contributed by atoms with van der Waals surface area (Å²) in [6.07, 6.45) is 22.4. The van der Waals surface area contributed by atoms with E-state index >= 15 is 0 Å². The molecule has 0 spiro atoms. The van der Waals surface area contributed by atoms with Gasteiger partial charge in [-0.15, -0.1) is 0 Å². The van der Waals surface area contributed by atoms with Crippen molar-refractivity contribution < 1.29 is 0 Å². The van der Waals surface area contributed by atoms with Gasteiger partial charge in [-0.25, -0.2) is 4.99 Å². The minimum atomic E-state index is 0.398. The van der Waals surface area contributed by atoms with E-state index in [1.165, 1.54) is 55.7 Å². The molecule has 0 N–H and O–H groups in total. The Bertz CT molecular complexity index is 2430. The van der Waals surface area contributed by atoms with Crippen LogP contribution < -0.4 is 0 Å². The number of hydrogen-bond acceptors (Lipinski definition) is 1. The van der Waals surface area contributed by atoms with E-state index in [9.17, 15) is 0 Å². The minimum absolute atomic E-state index is 0.398. The molecule has 2 aliphatic rings. The molecule has 5 aromatic rings. The number of aliphatic imine (C=N–C) groups is 2. The molecule has 5 aromatic carbocycles. The Morgan fingerprint density at radius 1 is 0.655 bits per heavy atom. The zero-order chi connectivity index (χ0) is 40.1. The van der Waals surface area contributed by atoms with E-state index in [1.807, 2.05) is 0 Å². The average molecular weight is 755 g/mol. The second-order valence-electron chi connectivity index (χ2n) is 15.0. The van der Waals surface area contributed by atoms with Gasteiger partial charge in [0.15, 0.2) is 5.84 Å². The number of rotatable bonds is 13. The van der Waals surface area contributed by atoms with Crippen molar-refractivity contribution in [3.8, 4) is 22.3 Å². The molecule has 0 fully saturated rings. The summed E-state index contributed by atoms with van der Waals surface area (Å²) in [7, 11) is 0. The molecule has 0 aliphatic heterocycles. The number of benzene rings is 5. The van der Waals surface area contributed by atoms with E-state index in [0.29, 0.717) is 12.5 Å². The monoisotopic (exact) mass is 754 g/mol. The number of allylic oxidation sites excluding steroid dienone is 13. The Hall–Kier alpha value is -6.38. The van der Waals surface area contributed by atoms with Gasteiger partial charge in [-0.1, -0.05) is 202 Å². The fourth-order valence-electron chi connectivity index (χ4n) is 7.82. The maximum absolute atomic E-state index is 5.38. The van der Waals surface area contributed by atoms with Crippen molar-refractivity contribution >= 4 is 17.1 Å². The fourth-order valence-corrected chi connectivity index (χ4v) is 7.82. The molecule has 288 valence electrons. The van der Waals surface area contributed by atoms with Gasteiger partial charge < -0.3 is 0 Å². The molecule has 2 heteroatoms. The standard InChI is InChI=1S/C56H54N2/c1-5-17-53(49-32-28-47(29-33-49)44-20-13-9-14-21-44)55(41(4)6-2)51-36-34-50(35-37-51)54(7-3)58-56(52-38-30-48(31-39-52)45-22-15-10-16-23-45)57-40-42-24-26-46(27-25-42)43-18-11-8-12-19-43/h5,8-22,24-34,36,38-39,45H,4,6-7,23,35,37,40H2,1-3H3/b17-5-,55-53-,57-56-,58-54+. The lowest BCUT2D eigenvalue weighted by molar-refractivity contribution is 0.853. The normalized spacial score (nSPS) is 16.2. The van der Waals surface area contributed by atoms with Gasteiger partial charge in [0.25, 0.3) is 0 Å². The predicted molar refractivity (Wildman–Crippen MR) is 250 cm³/mol. The third-order valence-electron chi connectivity index (χ3n) is 11.2. The summed E-state index contributed by atoms with van der Waals surface area (Å²) in [6.45, 7) is 11.6. The molecular formula is C56H54N2. The first kappa shape index (κ1) is 39.8. The quantitative estimate of drug-likeness (QED) is 0.0650. The summed E-state index contributed by atoms with van der Waals surface area (Å²) >= 11 is 0. The summed E-state index contributed by atoms with van der Waals surface area (Å²) in [6, 6.07) is 47.7. The van der Waals surface area contributed by atoms with E-state index in [4.69, 9.17) is 9.98 Å². The molecule has 1 atom stereocenters. The van der Waals surface area contributed by atoms with Gasteiger partial charge in [-0.2, -0.15) is 0 Å². The first-order valence-corrected chi connectivity index (χ1v) is 20.9. The Kier molecular flexibility index (Phi) is 13.5. The molecule has 0 bridgehead atoms. The maximum atomic E-state index is 5.38. The van der Waals surface area contributed by atoms with Gasteiger partial charge in [0.1, 0.15) is 0 Å². The summed E-state index contributed by atoms with van der Waals surface area (Å²) < 4.78 is 0. The first-order chi connectivity index (χ1) is 28.5. The Balaban J connectivity index is 1.21. The topological polar surface area (TPSA) is 24.7 Å². The molecule has 7 rings (SSSR count). The lowest BCUT2D eigenvalue weighted by Gasteiger charge is -2.22. The van der Waals surface area contributed by atoms with Crippen LogP contribution in [-0.2, 0) is 6.54 Å². The van der Waals surface area contributed by atoms with Crippen LogP contribution in [0.15, 0.2) is 221 Å². The van der Waals surface area contributed by atoms with Crippen LogP contribution >= 0.6 is 0 Å². The average Bonchev–Trinajstić information content (AvgIpc) is 3.30. The molecule has 0 heterocycles. The highest BCUT2D eigenvalue weighted by molar-refractivity contribution is 6.12. The summed E-state index contributed by atoms with van der Waals surface area (Å²) in [5, 5.41) is 0. The van der Waals surface area contributed by atoms with Gasteiger partial charge in [0, 0.05) is 17.2 Å². The van der Waals surface area contributed by atoms with E-state index in [2.05, 4.69) is 209 Å². The van der Waals surface area contributed by atoms with Gasteiger partial charge in [0.2, 0.25) is 0 Å². The van der Waals surface area contributed by atoms with Crippen molar-refractivity contribution in [3.05, 3.63) is 233 Å². The number of hydrogen-bond donors (Lipinski definition) is 0. The molecule has 2 nitrogen and oxygen atoms in total. The van der Waals surface area contributed by atoms with Gasteiger partial charge in [0.05, 0.1) is 6.54 Å². The summed E-state index contributed by atoms with van der Waals surface area (Å²) in [5.41, 5.74) is 16.9. The summed E-state index contributed by atoms with van der Waals surface area (Å²) in [4.78, 5) is 10.6. The largest absolute Gasteiger partial charge is 0.261 e. The van der Waals surface area contributed by atoms with Crippen LogP contribution in [0.5, 0.6) is 0 Å². The van der Waals surface area contributed by atoms with Crippen LogP contribution in [0, 0.1) is 0 Å². The zero-order valence-electron chi connectivity index (χ0n) is 34.2. The predicted octanol–water partition coefficient (Wildman–Crippen LogP) is 15.1. The third-order valence-corrected chi connectivity index (χ3v) is 11.2. The second kappa shape index (κ2) is 19.7. The van der Waals surface area contributed by atoms with Crippen molar-refractivity contribution in [1.82, 2.24) is 0 Å². The summed E-state index contributed by atoms with van der Waals surface area (Å²) in [5.74, 6) is 1.18.